The first-order valence-corrected chi connectivity index (χ1v) is 6.00. The summed E-state index contributed by atoms with van der Waals surface area (Å²) in [6.07, 6.45) is 4.07. The van der Waals surface area contributed by atoms with Crippen molar-refractivity contribution in [2.45, 2.75) is 32.2 Å². The zero-order valence-corrected chi connectivity index (χ0v) is 10.3. The van der Waals surface area contributed by atoms with Crippen molar-refractivity contribution in [2.75, 3.05) is 11.4 Å². The molecule has 1 unspecified atom stereocenters. The van der Waals surface area contributed by atoms with Crippen molar-refractivity contribution < 1.29 is 9.90 Å². The van der Waals surface area contributed by atoms with Gasteiger partial charge in [0.05, 0.1) is 5.56 Å². The Balaban J connectivity index is 2.43. The Bertz CT molecular complexity index is 507. The van der Waals surface area contributed by atoms with Crippen LogP contribution >= 0.6 is 0 Å². The van der Waals surface area contributed by atoms with Crippen molar-refractivity contribution in [3.8, 4) is 6.07 Å². The molecule has 1 aromatic heterocycles. The van der Waals surface area contributed by atoms with Gasteiger partial charge in [-0.3, -0.25) is 0 Å². The van der Waals surface area contributed by atoms with Gasteiger partial charge in [0.1, 0.15) is 17.9 Å². The maximum absolute atomic E-state index is 11.3. The molecule has 0 amide bonds. The summed E-state index contributed by atoms with van der Waals surface area (Å²) in [6, 6.07) is 3.32. The molecule has 0 radical (unpaired) electrons. The topological polar surface area (TPSA) is 77.2 Å². The van der Waals surface area contributed by atoms with Gasteiger partial charge in [-0.2, -0.15) is 5.26 Å². The number of carbonyl (C=O) groups is 1. The van der Waals surface area contributed by atoms with Gasteiger partial charge >= 0.3 is 5.97 Å². The van der Waals surface area contributed by atoms with Gasteiger partial charge in [0, 0.05) is 12.7 Å². The molecule has 0 saturated carbocycles. The van der Waals surface area contributed by atoms with Crippen LogP contribution in [0.2, 0.25) is 0 Å². The molecule has 1 fully saturated rings. The van der Waals surface area contributed by atoms with Gasteiger partial charge in [-0.1, -0.05) is 0 Å². The zero-order valence-electron chi connectivity index (χ0n) is 10.3. The van der Waals surface area contributed by atoms with E-state index in [1.165, 1.54) is 0 Å². The Labute approximate surface area is 106 Å². The molecule has 1 atom stereocenters. The fraction of sp³-hybridized carbons (Fsp3) is 0.462. The molecule has 0 bridgehead atoms. The van der Waals surface area contributed by atoms with Crippen LogP contribution in [0.5, 0.6) is 0 Å². The van der Waals surface area contributed by atoms with E-state index in [9.17, 15) is 15.2 Å². The number of piperidine rings is 1. The maximum atomic E-state index is 11.3. The average Bonchev–Trinajstić information content (AvgIpc) is 2.38. The lowest BCUT2D eigenvalue weighted by molar-refractivity contribution is -0.139. The normalized spacial score (nSPS) is 19.3. The van der Waals surface area contributed by atoms with Gasteiger partial charge in [0.15, 0.2) is 0 Å². The van der Waals surface area contributed by atoms with Crippen LogP contribution in [0.1, 0.15) is 30.4 Å². The highest BCUT2D eigenvalue weighted by atomic mass is 16.4. The van der Waals surface area contributed by atoms with Crippen LogP contribution in [0.25, 0.3) is 0 Å². The molecule has 2 rings (SSSR count). The van der Waals surface area contributed by atoms with Gasteiger partial charge < -0.3 is 10.0 Å². The van der Waals surface area contributed by atoms with Crippen molar-refractivity contribution in [3.05, 3.63) is 23.4 Å². The van der Waals surface area contributed by atoms with Gasteiger partial charge in [-0.15, -0.1) is 0 Å². The monoisotopic (exact) mass is 245 g/mol. The number of aryl methyl sites for hydroxylation is 1. The Hall–Kier alpha value is -2.09. The molecule has 1 aliphatic heterocycles. The van der Waals surface area contributed by atoms with Crippen LogP contribution in [-0.4, -0.2) is 28.6 Å². The van der Waals surface area contributed by atoms with E-state index in [1.807, 2.05) is 6.92 Å². The SMILES string of the molecule is Cc1ccnc(N2CCCCC2C(=O)O)c1C#N. The smallest absolute Gasteiger partial charge is 0.326 e. The highest BCUT2D eigenvalue weighted by Gasteiger charge is 2.31. The minimum Gasteiger partial charge on any atom is -0.480 e. The van der Waals surface area contributed by atoms with Crippen molar-refractivity contribution in [1.29, 1.82) is 5.26 Å². The average molecular weight is 245 g/mol. The quantitative estimate of drug-likeness (QED) is 0.858. The Morgan fingerprint density at radius 1 is 1.61 bits per heavy atom. The first-order chi connectivity index (χ1) is 8.65. The molecule has 1 aliphatic rings. The Morgan fingerprint density at radius 3 is 3.06 bits per heavy atom. The third-order valence-corrected chi connectivity index (χ3v) is 3.31. The second-order valence-corrected chi connectivity index (χ2v) is 4.48. The number of carboxylic acid groups (broad SMARTS) is 1. The molecule has 5 heteroatoms. The molecular formula is C13H15N3O2. The molecule has 5 nitrogen and oxygen atoms in total. The van der Waals surface area contributed by atoms with E-state index in [0.29, 0.717) is 24.3 Å². The number of pyridine rings is 1. The van der Waals surface area contributed by atoms with E-state index in [1.54, 1.807) is 17.2 Å². The highest BCUT2D eigenvalue weighted by Crippen LogP contribution is 2.27. The van der Waals surface area contributed by atoms with Crippen LogP contribution in [0, 0.1) is 18.3 Å². The number of aromatic nitrogens is 1. The van der Waals surface area contributed by atoms with Crippen LogP contribution in [-0.2, 0) is 4.79 Å². The Morgan fingerprint density at radius 2 is 2.39 bits per heavy atom. The van der Waals surface area contributed by atoms with E-state index >= 15 is 0 Å². The molecule has 2 heterocycles. The number of nitriles is 1. The van der Waals surface area contributed by atoms with Gasteiger partial charge in [0.25, 0.3) is 0 Å². The van der Waals surface area contributed by atoms with Crippen molar-refractivity contribution in [1.82, 2.24) is 4.98 Å². The lowest BCUT2D eigenvalue weighted by atomic mass is 10.0. The fourth-order valence-electron chi connectivity index (χ4n) is 2.34. The molecule has 0 aromatic carbocycles. The van der Waals surface area contributed by atoms with E-state index in [-0.39, 0.29) is 0 Å². The molecule has 0 aliphatic carbocycles. The third kappa shape index (κ3) is 2.14. The summed E-state index contributed by atoms with van der Waals surface area (Å²) < 4.78 is 0. The minimum absolute atomic E-state index is 0.477. The number of carboxylic acids is 1. The summed E-state index contributed by atoms with van der Waals surface area (Å²) in [5, 5.41) is 18.4. The molecular weight excluding hydrogens is 230 g/mol. The number of hydrogen-bond acceptors (Lipinski definition) is 4. The third-order valence-electron chi connectivity index (χ3n) is 3.31. The second-order valence-electron chi connectivity index (χ2n) is 4.48. The number of hydrogen-bond donors (Lipinski definition) is 1. The lowest BCUT2D eigenvalue weighted by Gasteiger charge is -2.34. The molecule has 94 valence electrons. The van der Waals surface area contributed by atoms with Crippen molar-refractivity contribution in [2.24, 2.45) is 0 Å². The molecule has 1 N–H and O–H groups in total. The lowest BCUT2D eigenvalue weighted by Crippen LogP contribution is -2.45. The first-order valence-electron chi connectivity index (χ1n) is 6.00. The number of aliphatic carboxylic acids is 1. The van der Waals surface area contributed by atoms with E-state index in [2.05, 4.69) is 11.1 Å². The molecule has 18 heavy (non-hydrogen) atoms. The summed E-state index contributed by atoms with van der Waals surface area (Å²) in [6.45, 7) is 2.48. The van der Waals surface area contributed by atoms with Gasteiger partial charge in [0.2, 0.25) is 0 Å². The van der Waals surface area contributed by atoms with Crippen LogP contribution in [0.15, 0.2) is 12.3 Å². The second kappa shape index (κ2) is 5.05. The van der Waals surface area contributed by atoms with E-state index in [4.69, 9.17) is 0 Å². The predicted molar refractivity (Wildman–Crippen MR) is 66.3 cm³/mol. The van der Waals surface area contributed by atoms with Gasteiger partial charge in [-0.05, 0) is 37.8 Å². The predicted octanol–water partition coefficient (Wildman–Crippen LogP) is 1.71. The Kier molecular flexibility index (Phi) is 3.47. The number of anilines is 1. The van der Waals surface area contributed by atoms with E-state index < -0.39 is 12.0 Å². The number of nitrogens with zero attached hydrogens (tertiary/aromatic N) is 3. The van der Waals surface area contributed by atoms with Crippen molar-refractivity contribution in [3.63, 3.8) is 0 Å². The summed E-state index contributed by atoms with van der Waals surface area (Å²) in [4.78, 5) is 17.2. The summed E-state index contributed by atoms with van der Waals surface area (Å²) >= 11 is 0. The van der Waals surface area contributed by atoms with Crippen LogP contribution < -0.4 is 4.90 Å². The highest BCUT2D eigenvalue weighted by molar-refractivity contribution is 5.79. The summed E-state index contributed by atoms with van der Waals surface area (Å²) in [7, 11) is 0. The zero-order chi connectivity index (χ0) is 13.1. The standard InChI is InChI=1S/C13H15N3O2/c1-9-5-6-15-12(10(9)8-14)16-7-3-2-4-11(16)13(17)18/h5-6,11H,2-4,7H2,1H3,(H,17,18). The van der Waals surface area contributed by atoms with Crippen LogP contribution in [0.3, 0.4) is 0 Å². The number of rotatable bonds is 2. The molecule has 0 spiro atoms. The molecule has 1 saturated heterocycles. The largest absolute Gasteiger partial charge is 0.480 e. The van der Waals surface area contributed by atoms with Gasteiger partial charge in [-0.25, -0.2) is 9.78 Å². The maximum Gasteiger partial charge on any atom is 0.326 e. The van der Waals surface area contributed by atoms with Crippen molar-refractivity contribution >= 4 is 11.8 Å². The fourth-order valence-corrected chi connectivity index (χ4v) is 2.34. The molecule has 1 aromatic rings. The first kappa shape index (κ1) is 12.4. The summed E-state index contributed by atoms with van der Waals surface area (Å²) in [5.74, 6) is -0.341. The summed E-state index contributed by atoms with van der Waals surface area (Å²) in [5.41, 5.74) is 1.31. The van der Waals surface area contributed by atoms with E-state index in [0.717, 1.165) is 18.4 Å². The minimum atomic E-state index is -0.845. The van der Waals surface area contributed by atoms with Crippen LogP contribution in [0.4, 0.5) is 5.82 Å².